The van der Waals surface area contributed by atoms with Gasteiger partial charge >= 0.3 is 0 Å². The Labute approximate surface area is 256 Å². The average Bonchev–Trinajstić information content (AvgIpc) is 2.93. The molecule has 1 N–H and O–H groups in total. The predicted molar refractivity (Wildman–Crippen MR) is 168 cm³/mol. The van der Waals surface area contributed by atoms with E-state index in [1.54, 1.807) is 25.1 Å². The molecule has 4 aliphatic rings. The molecular formula is C33H44ClN3O4S. The van der Waals surface area contributed by atoms with Gasteiger partial charge in [-0.1, -0.05) is 49.2 Å². The number of benzene rings is 2. The largest absolute Gasteiger partial charge is 0.354 e. The summed E-state index contributed by atoms with van der Waals surface area (Å²) in [4.78, 5) is 28.3. The molecule has 1 unspecified atom stereocenters. The maximum Gasteiger partial charge on any atom is 0.244 e. The molecule has 2 aromatic rings. The summed E-state index contributed by atoms with van der Waals surface area (Å²) in [5, 5.41) is 3.43. The summed E-state index contributed by atoms with van der Waals surface area (Å²) < 4.78 is 27.2. The number of carbonyl (C=O) groups excluding carboxylic acids is 2. The fourth-order valence-corrected chi connectivity index (χ4v) is 9.07. The number of rotatable bonds is 12. The van der Waals surface area contributed by atoms with Gasteiger partial charge in [0.15, 0.2) is 0 Å². The molecule has 0 radical (unpaired) electrons. The van der Waals surface area contributed by atoms with E-state index in [2.05, 4.69) is 17.4 Å². The average molecular weight is 614 g/mol. The number of sulfonamides is 1. The number of amides is 2. The van der Waals surface area contributed by atoms with Gasteiger partial charge in [-0.25, -0.2) is 8.42 Å². The number of anilines is 1. The summed E-state index contributed by atoms with van der Waals surface area (Å²) in [6.07, 6.45) is 10.7. The lowest BCUT2D eigenvalue weighted by atomic mass is 9.48. The molecule has 0 heterocycles. The Morgan fingerprint density at radius 1 is 1.02 bits per heavy atom. The van der Waals surface area contributed by atoms with Gasteiger partial charge in [-0.15, -0.1) is 0 Å². The van der Waals surface area contributed by atoms with Crippen molar-refractivity contribution < 1.29 is 18.0 Å². The molecule has 42 heavy (non-hydrogen) atoms. The van der Waals surface area contributed by atoms with Gasteiger partial charge in [0.25, 0.3) is 0 Å². The van der Waals surface area contributed by atoms with Gasteiger partial charge in [0.1, 0.15) is 12.6 Å². The Bertz CT molecular complexity index is 1360. The second kappa shape index (κ2) is 12.6. The smallest absolute Gasteiger partial charge is 0.244 e. The lowest BCUT2D eigenvalue weighted by Crippen LogP contribution is -2.51. The molecule has 6 rings (SSSR count). The summed E-state index contributed by atoms with van der Waals surface area (Å²) >= 11 is 6.20. The fourth-order valence-electron chi connectivity index (χ4n) is 8.01. The molecule has 7 nitrogen and oxygen atoms in total. The summed E-state index contributed by atoms with van der Waals surface area (Å²) in [6, 6.07) is 14.2. The second-order valence-electron chi connectivity index (χ2n) is 13.0. The van der Waals surface area contributed by atoms with Crippen LogP contribution in [0.1, 0.15) is 76.3 Å². The third kappa shape index (κ3) is 6.80. The third-order valence-corrected chi connectivity index (χ3v) is 11.1. The van der Waals surface area contributed by atoms with Crippen molar-refractivity contribution in [1.29, 1.82) is 0 Å². The standard InChI is InChI=1S/C33H44ClN3O4S/c1-4-5-13-35-32(39)23(2)36(21-24-7-6-8-29(34)17-24)31(38)22-37(42(3,40)41)30-11-9-28(10-12-30)33-18-25-14-26(19-33)16-27(15-25)20-33/h6-12,17,23,25-27H,4-5,13-16,18-22H2,1-3H3,(H,35,39). The van der Waals surface area contributed by atoms with Crippen LogP contribution in [0.2, 0.25) is 5.02 Å². The zero-order valence-electron chi connectivity index (χ0n) is 25.0. The van der Waals surface area contributed by atoms with E-state index in [-0.39, 0.29) is 17.9 Å². The number of unbranched alkanes of at least 4 members (excludes halogenated alkanes) is 1. The van der Waals surface area contributed by atoms with Gasteiger partial charge in [0.05, 0.1) is 11.9 Å². The molecule has 0 saturated heterocycles. The molecule has 2 aromatic carbocycles. The Kier molecular flexibility index (Phi) is 9.24. The van der Waals surface area contributed by atoms with Gasteiger partial charge in [-0.2, -0.15) is 0 Å². The van der Waals surface area contributed by atoms with Crippen LogP contribution < -0.4 is 9.62 Å². The molecule has 228 valence electrons. The van der Waals surface area contributed by atoms with Crippen molar-refractivity contribution in [2.24, 2.45) is 17.8 Å². The van der Waals surface area contributed by atoms with E-state index < -0.39 is 28.5 Å². The summed E-state index contributed by atoms with van der Waals surface area (Å²) in [6.45, 7) is 3.96. The van der Waals surface area contributed by atoms with Gasteiger partial charge < -0.3 is 10.2 Å². The van der Waals surface area contributed by atoms with Crippen LogP contribution in [0, 0.1) is 17.8 Å². The maximum atomic E-state index is 13.8. The first-order valence-electron chi connectivity index (χ1n) is 15.4. The zero-order valence-corrected chi connectivity index (χ0v) is 26.6. The van der Waals surface area contributed by atoms with E-state index in [0.29, 0.717) is 17.3 Å². The van der Waals surface area contributed by atoms with E-state index in [1.807, 2.05) is 25.1 Å². The van der Waals surface area contributed by atoms with Crippen LogP contribution in [0.4, 0.5) is 5.69 Å². The normalized spacial score (nSPS) is 25.2. The molecule has 0 aromatic heterocycles. The monoisotopic (exact) mass is 613 g/mol. The first-order chi connectivity index (χ1) is 20.0. The van der Waals surface area contributed by atoms with Crippen LogP contribution in [-0.2, 0) is 31.6 Å². The first kappa shape index (κ1) is 30.9. The van der Waals surface area contributed by atoms with Crippen LogP contribution in [0.3, 0.4) is 0 Å². The molecule has 0 spiro atoms. The van der Waals surface area contributed by atoms with Gasteiger partial charge in [-0.3, -0.25) is 13.9 Å². The minimum Gasteiger partial charge on any atom is -0.354 e. The predicted octanol–water partition coefficient (Wildman–Crippen LogP) is 5.91. The third-order valence-electron chi connectivity index (χ3n) is 9.72. The minimum atomic E-state index is -3.78. The van der Waals surface area contributed by atoms with Crippen LogP contribution in [0.15, 0.2) is 48.5 Å². The summed E-state index contributed by atoms with van der Waals surface area (Å²) in [5.41, 5.74) is 2.72. The van der Waals surface area contributed by atoms with Crippen molar-refractivity contribution in [3.05, 3.63) is 64.7 Å². The van der Waals surface area contributed by atoms with Crippen molar-refractivity contribution >= 4 is 39.1 Å². The summed E-state index contributed by atoms with van der Waals surface area (Å²) in [7, 11) is -3.78. The number of carbonyl (C=O) groups is 2. The second-order valence-corrected chi connectivity index (χ2v) is 15.3. The van der Waals surface area contributed by atoms with Gasteiger partial charge in [-0.05, 0) is 110 Å². The number of nitrogens with one attached hydrogen (secondary N) is 1. The van der Waals surface area contributed by atoms with E-state index in [1.165, 1.54) is 49.0 Å². The number of halogens is 1. The molecular weight excluding hydrogens is 570 g/mol. The van der Waals surface area contributed by atoms with Crippen LogP contribution >= 0.6 is 11.6 Å². The highest BCUT2D eigenvalue weighted by Crippen LogP contribution is 2.60. The molecule has 9 heteroatoms. The van der Waals surface area contributed by atoms with Gasteiger partial charge in [0.2, 0.25) is 21.8 Å². The Morgan fingerprint density at radius 2 is 1.64 bits per heavy atom. The lowest BCUT2D eigenvalue weighted by molar-refractivity contribution is -0.139. The van der Waals surface area contributed by atoms with Crippen LogP contribution in [0.5, 0.6) is 0 Å². The molecule has 0 aliphatic heterocycles. The van der Waals surface area contributed by atoms with Crippen molar-refractivity contribution in [3.63, 3.8) is 0 Å². The first-order valence-corrected chi connectivity index (χ1v) is 17.6. The highest BCUT2D eigenvalue weighted by molar-refractivity contribution is 7.92. The van der Waals surface area contributed by atoms with Crippen molar-refractivity contribution in [1.82, 2.24) is 10.2 Å². The SMILES string of the molecule is CCCCNC(=O)C(C)N(Cc1cccc(Cl)c1)C(=O)CN(c1ccc(C23CC4CC(CC(C4)C2)C3)cc1)S(C)(=O)=O. The van der Waals surface area contributed by atoms with Crippen LogP contribution in [0.25, 0.3) is 0 Å². The molecule has 4 saturated carbocycles. The molecule has 4 fully saturated rings. The Morgan fingerprint density at radius 3 is 2.19 bits per heavy atom. The van der Waals surface area contributed by atoms with Crippen molar-refractivity contribution in [3.8, 4) is 0 Å². The number of nitrogens with zero attached hydrogens (tertiary/aromatic N) is 2. The number of hydrogen-bond acceptors (Lipinski definition) is 4. The van der Waals surface area contributed by atoms with Crippen molar-refractivity contribution in [2.75, 3.05) is 23.7 Å². The Balaban J connectivity index is 1.37. The Hall–Kier alpha value is -2.58. The highest BCUT2D eigenvalue weighted by Gasteiger charge is 2.51. The van der Waals surface area contributed by atoms with Gasteiger partial charge in [0, 0.05) is 18.1 Å². The summed E-state index contributed by atoms with van der Waals surface area (Å²) in [5.74, 6) is 1.71. The van der Waals surface area contributed by atoms with E-state index >= 15 is 0 Å². The van der Waals surface area contributed by atoms with Crippen LogP contribution in [-0.4, -0.2) is 50.5 Å². The lowest BCUT2D eigenvalue weighted by Gasteiger charge is -2.57. The quantitative estimate of drug-likeness (QED) is 0.302. The van der Waals surface area contributed by atoms with E-state index in [9.17, 15) is 18.0 Å². The number of hydrogen-bond donors (Lipinski definition) is 1. The fraction of sp³-hybridized carbons (Fsp3) is 0.576. The molecule has 4 bridgehead atoms. The minimum absolute atomic E-state index is 0.129. The van der Waals surface area contributed by atoms with E-state index in [4.69, 9.17) is 11.6 Å². The topological polar surface area (TPSA) is 86.8 Å². The van der Waals surface area contributed by atoms with E-state index in [0.717, 1.165) is 46.7 Å². The maximum absolute atomic E-state index is 13.8. The molecule has 4 aliphatic carbocycles. The molecule has 1 atom stereocenters. The highest BCUT2D eigenvalue weighted by atomic mass is 35.5. The van der Waals surface area contributed by atoms with Crippen molar-refractivity contribution in [2.45, 2.75) is 83.2 Å². The zero-order chi connectivity index (χ0) is 30.1. The molecule has 2 amide bonds.